The SMILES string of the molecule is C=N/C(C#N)=C1/C(=CC2=[N+](CCCCCC(=O)O)c3ccc(S(=O)(=O)O)cc3C2(C)C)C(O)=C1C=C1N(CCCCCC(=O)O)c2ccc(C)cc2C1(C)C. The molecule has 2 aliphatic heterocycles. The minimum absolute atomic E-state index is 0.0167. The van der Waals surface area contributed by atoms with Crippen molar-refractivity contribution in [2.24, 2.45) is 4.99 Å². The molecule has 0 amide bonds. The fourth-order valence-corrected chi connectivity index (χ4v) is 8.40. The molecular formula is C42H49N4O8S+. The van der Waals surface area contributed by atoms with Crippen molar-refractivity contribution >= 4 is 45.9 Å². The van der Waals surface area contributed by atoms with E-state index in [4.69, 9.17) is 10.2 Å². The van der Waals surface area contributed by atoms with Gasteiger partial charge in [-0.15, -0.1) is 0 Å². The Morgan fingerprint density at radius 3 is 2.18 bits per heavy atom. The van der Waals surface area contributed by atoms with Crippen molar-refractivity contribution in [2.45, 2.75) is 102 Å². The molecule has 1 aliphatic carbocycles. The first-order valence-corrected chi connectivity index (χ1v) is 19.9. The van der Waals surface area contributed by atoms with Gasteiger partial charge in [-0.1, -0.05) is 38.0 Å². The molecule has 0 bridgehead atoms. The van der Waals surface area contributed by atoms with Crippen LogP contribution in [-0.4, -0.2) is 70.3 Å². The van der Waals surface area contributed by atoms with Gasteiger partial charge in [0.15, 0.2) is 5.71 Å². The molecule has 5 rings (SSSR count). The summed E-state index contributed by atoms with van der Waals surface area (Å²) in [5.41, 5.74) is 6.05. The lowest BCUT2D eigenvalue weighted by Crippen LogP contribution is -2.30. The van der Waals surface area contributed by atoms with Crippen molar-refractivity contribution in [2.75, 3.05) is 18.0 Å². The molecule has 55 heavy (non-hydrogen) atoms. The first-order valence-electron chi connectivity index (χ1n) is 18.4. The first-order chi connectivity index (χ1) is 25.8. The Hall–Kier alpha value is -5.32. The molecule has 290 valence electrons. The van der Waals surface area contributed by atoms with E-state index in [-0.39, 0.29) is 29.2 Å². The number of carbonyl (C=O) groups is 2. The van der Waals surface area contributed by atoms with Crippen molar-refractivity contribution in [3.63, 3.8) is 0 Å². The number of carboxylic acids is 2. The standard InChI is InChI=1S/C42H48N4O8S/c1-26-15-17-33-30(21-26)41(2,3)35(45(33)19-11-7-9-13-37(47)48)23-28-39(32(25-43)44-6)29(40(28)51)24-36-42(4,5)31-22-27(55(52,53)54)16-18-34(31)46(36)20-12-8-10-14-38(49)50/h15-18,21-24H,6-14,19-20H2,1-5H3,(H3-,47,48,49,50,51,52,53,54)/p+1. The smallest absolute Gasteiger partial charge is 0.303 e. The van der Waals surface area contributed by atoms with E-state index >= 15 is 0 Å². The Kier molecular flexibility index (Phi) is 11.7. The van der Waals surface area contributed by atoms with Crippen molar-refractivity contribution in [3.05, 3.63) is 99.1 Å². The van der Waals surface area contributed by atoms with Crippen LogP contribution in [0, 0.1) is 18.3 Å². The van der Waals surface area contributed by atoms with E-state index in [9.17, 15) is 32.9 Å². The van der Waals surface area contributed by atoms with E-state index in [2.05, 4.69) is 48.7 Å². The van der Waals surface area contributed by atoms with E-state index in [0.29, 0.717) is 72.5 Å². The number of benzene rings is 2. The summed E-state index contributed by atoms with van der Waals surface area (Å²) in [6, 6.07) is 12.8. The van der Waals surface area contributed by atoms with Crippen molar-refractivity contribution in [1.29, 1.82) is 5.26 Å². The van der Waals surface area contributed by atoms with Gasteiger partial charge in [0.25, 0.3) is 10.1 Å². The number of aryl methyl sites for hydroxylation is 1. The van der Waals surface area contributed by atoms with Crippen LogP contribution in [0.25, 0.3) is 0 Å². The van der Waals surface area contributed by atoms with Gasteiger partial charge in [0.2, 0.25) is 5.69 Å². The molecule has 0 saturated carbocycles. The highest BCUT2D eigenvalue weighted by Crippen LogP contribution is 2.52. The van der Waals surface area contributed by atoms with Crippen LogP contribution in [0.5, 0.6) is 0 Å². The van der Waals surface area contributed by atoms with Crippen LogP contribution >= 0.6 is 0 Å². The number of aliphatic carboxylic acids is 2. The molecule has 0 saturated heterocycles. The van der Waals surface area contributed by atoms with Gasteiger partial charge in [0.1, 0.15) is 24.1 Å². The topological polar surface area (TPSA) is 192 Å². The predicted molar refractivity (Wildman–Crippen MR) is 211 cm³/mol. The normalized spacial score (nSPS) is 19.3. The number of hydrogen-bond donors (Lipinski definition) is 4. The van der Waals surface area contributed by atoms with E-state index in [1.54, 1.807) is 12.1 Å². The molecule has 0 atom stereocenters. The van der Waals surface area contributed by atoms with Crippen molar-refractivity contribution < 1.29 is 42.5 Å². The molecule has 2 aromatic rings. The maximum atomic E-state index is 12.2. The number of unbranched alkanes of at least 4 members (excludes halogenated alkanes) is 4. The molecule has 13 heteroatoms. The van der Waals surface area contributed by atoms with E-state index in [0.717, 1.165) is 35.4 Å². The third kappa shape index (κ3) is 8.07. The molecule has 12 nitrogen and oxygen atoms in total. The second-order valence-electron chi connectivity index (χ2n) is 15.4. The number of hydrogen-bond acceptors (Lipinski definition) is 8. The fraction of sp³-hybridized carbons (Fsp3) is 0.405. The molecule has 0 radical (unpaired) electrons. The lowest BCUT2D eigenvalue weighted by molar-refractivity contribution is -0.438. The highest BCUT2D eigenvalue weighted by molar-refractivity contribution is 7.85. The summed E-state index contributed by atoms with van der Waals surface area (Å²) >= 11 is 0. The van der Waals surface area contributed by atoms with Crippen LogP contribution in [0.1, 0.15) is 95.8 Å². The minimum Gasteiger partial charge on any atom is -0.507 e. The summed E-state index contributed by atoms with van der Waals surface area (Å²) in [4.78, 5) is 28.2. The van der Waals surface area contributed by atoms with Crippen LogP contribution in [0.4, 0.5) is 11.4 Å². The summed E-state index contributed by atoms with van der Waals surface area (Å²) in [6.45, 7) is 14.8. The number of aliphatic hydroxyl groups is 1. The van der Waals surface area contributed by atoms with Gasteiger partial charge in [-0.05, 0) is 83.0 Å². The average molecular weight is 770 g/mol. The van der Waals surface area contributed by atoms with Crippen molar-refractivity contribution in [1.82, 2.24) is 0 Å². The van der Waals surface area contributed by atoms with E-state index < -0.39 is 32.9 Å². The monoisotopic (exact) mass is 769 g/mol. The van der Waals surface area contributed by atoms with Gasteiger partial charge >= 0.3 is 11.9 Å². The van der Waals surface area contributed by atoms with Crippen LogP contribution in [-0.2, 0) is 30.5 Å². The zero-order valence-electron chi connectivity index (χ0n) is 32.0. The highest BCUT2D eigenvalue weighted by atomic mass is 32.2. The van der Waals surface area contributed by atoms with Gasteiger partial charge in [-0.25, -0.2) is 0 Å². The van der Waals surface area contributed by atoms with Crippen LogP contribution in [0.15, 0.2) is 92.3 Å². The number of carboxylic acid groups (broad SMARTS) is 2. The lowest BCUT2D eigenvalue weighted by atomic mass is 9.75. The predicted octanol–water partition coefficient (Wildman–Crippen LogP) is 7.82. The Labute approximate surface area is 322 Å². The summed E-state index contributed by atoms with van der Waals surface area (Å²) in [5, 5.41) is 40.4. The van der Waals surface area contributed by atoms with Gasteiger partial charge in [-0.3, -0.25) is 19.1 Å². The lowest BCUT2D eigenvalue weighted by Gasteiger charge is -2.31. The number of nitrogens with zero attached hydrogens (tertiary/aromatic N) is 4. The molecule has 0 unspecified atom stereocenters. The second-order valence-corrected chi connectivity index (χ2v) is 16.8. The Balaban J connectivity index is 1.64. The van der Waals surface area contributed by atoms with E-state index in [1.807, 2.05) is 37.5 Å². The summed E-state index contributed by atoms with van der Waals surface area (Å²) < 4.78 is 36.2. The Morgan fingerprint density at radius 1 is 0.927 bits per heavy atom. The molecular weight excluding hydrogens is 721 g/mol. The number of anilines is 1. The number of aliphatic imine (C=N–C) groups is 1. The molecule has 0 aromatic heterocycles. The summed E-state index contributed by atoms with van der Waals surface area (Å²) in [5.74, 6) is -1.75. The molecule has 0 fully saturated rings. The zero-order valence-corrected chi connectivity index (χ0v) is 32.8. The number of allylic oxidation sites excluding steroid dienone is 6. The van der Waals surface area contributed by atoms with Gasteiger partial charge in [0.05, 0.1) is 10.3 Å². The zero-order chi connectivity index (χ0) is 40.5. The number of aliphatic hydroxyl groups excluding tert-OH is 1. The minimum atomic E-state index is -4.50. The number of nitriles is 1. The third-order valence-electron chi connectivity index (χ3n) is 10.9. The molecule has 0 spiro atoms. The average Bonchev–Trinajstić information content (AvgIpc) is 3.45. The van der Waals surface area contributed by atoms with Crippen molar-refractivity contribution in [3.8, 4) is 6.07 Å². The van der Waals surface area contributed by atoms with E-state index in [1.165, 1.54) is 12.1 Å². The van der Waals surface area contributed by atoms with Gasteiger partial charge in [0, 0.05) is 77.0 Å². The molecule has 3 aliphatic rings. The van der Waals surface area contributed by atoms with Crippen LogP contribution in [0.2, 0.25) is 0 Å². The fourth-order valence-electron chi connectivity index (χ4n) is 7.90. The molecule has 2 aromatic carbocycles. The largest absolute Gasteiger partial charge is 0.507 e. The third-order valence-corrected chi connectivity index (χ3v) is 11.7. The number of rotatable bonds is 16. The quantitative estimate of drug-likeness (QED) is 0.0430. The second kappa shape index (κ2) is 15.8. The Bertz CT molecular complexity index is 2270. The summed E-state index contributed by atoms with van der Waals surface area (Å²) in [7, 11) is -4.50. The first kappa shape index (κ1) is 40.9. The molecule has 2 heterocycles. The Morgan fingerprint density at radius 2 is 1.58 bits per heavy atom. The van der Waals surface area contributed by atoms with Crippen LogP contribution < -0.4 is 4.90 Å². The number of fused-ring (bicyclic) bond motifs is 2. The maximum Gasteiger partial charge on any atom is 0.303 e. The van der Waals surface area contributed by atoms with Gasteiger partial charge in [-0.2, -0.15) is 18.3 Å². The maximum absolute atomic E-state index is 12.2. The van der Waals surface area contributed by atoms with Gasteiger partial charge < -0.3 is 20.2 Å². The molecule has 4 N–H and O–H groups in total. The highest BCUT2D eigenvalue weighted by Gasteiger charge is 2.47. The summed E-state index contributed by atoms with van der Waals surface area (Å²) in [6.07, 6.45) is 7.60. The van der Waals surface area contributed by atoms with Crippen LogP contribution in [0.3, 0.4) is 0 Å².